The fraction of sp³-hybridized carbons (Fsp3) is 0.333. The molecule has 0 unspecified atom stereocenters. The van der Waals surface area contributed by atoms with Crippen LogP contribution in [0.5, 0.6) is 34.9 Å². The van der Waals surface area contributed by atoms with Crippen LogP contribution in [-0.4, -0.2) is 68.4 Å². The van der Waals surface area contributed by atoms with Crippen molar-refractivity contribution in [2.75, 3.05) is 19.8 Å². The first-order valence-electron chi connectivity index (χ1n) is 20.1. The summed E-state index contributed by atoms with van der Waals surface area (Å²) >= 11 is 0. The lowest BCUT2D eigenvalue weighted by atomic mass is 9.99. The van der Waals surface area contributed by atoms with E-state index >= 15 is 0 Å². The van der Waals surface area contributed by atoms with E-state index in [-0.39, 0.29) is 122 Å². The Balaban J connectivity index is 0.000000203. The zero-order chi connectivity index (χ0) is 42.8. The standard InChI is InChI=1S/3C15H15NO4.3BrH/c3*1-2-20-15(19)11-13(17)10-7-3-5-9-6-4-8-16(12(9)10)14(11)18;;;/h3*3,5,7H,2,4,6,8H2,1H3,(H,17,18,19);3*1H. The Morgan fingerprint density at radius 1 is 0.460 bits per heavy atom. The third kappa shape index (κ3) is 9.15. The summed E-state index contributed by atoms with van der Waals surface area (Å²) in [7, 11) is 0. The molecule has 0 bridgehead atoms. The van der Waals surface area contributed by atoms with Crippen molar-refractivity contribution in [2.45, 2.75) is 78.9 Å². The molecule has 0 radical (unpaired) electrons. The topological polar surface area (TPSA) is 212 Å². The fourth-order valence-electron chi connectivity index (χ4n) is 8.46. The number of rotatable bonds is 6. The number of ether oxygens (including phenoxy) is 3. The highest BCUT2D eigenvalue weighted by Gasteiger charge is 2.37. The number of carbonyl (C=O) groups excluding carboxylic acids is 3. The molecule has 6 heterocycles. The number of hydrogen-bond acceptors (Lipinski definition) is 12. The van der Waals surface area contributed by atoms with Gasteiger partial charge in [-0.2, -0.15) is 13.7 Å². The maximum atomic E-state index is 11.9. The summed E-state index contributed by atoms with van der Waals surface area (Å²) in [5.41, 5.74) is 5.11. The largest absolute Gasteiger partial charge is 1.00 e. The van der Waals surface area contributed by atoms with Crippen LogP contribution in [0, 0.1) is 0 Å². The molecule has 3 aromatic heterocycles. The summed E-state index contributed by atoms with van der Waals surface area (Å²) in [4.78, 5) is 35.8. The van der Waals surface area contributed by atoms with Crippen LogP contribution in [0.15, 0.2) is 54.6 Å². The lowest BCUT2D eigenvalue weighted by Crippen LogP contribution is -3.00. The summed E-state index contributed by atoms with van der Waals surface area (Å²) in [6.07, 6.45) is 5.35. The first kappa shape index (κ1) is 50.2. The molecule has 0 fully saturated rings. The smallest absolute Gasteiger partial charge is 0.384 e. The highest BCUT2D eigenvalue weighted by molar-refractivity contribution is 6.03. The summed E-state index contributed by atoms with van der Waals surface area (Å²) in [6, 6.07) is 16.7. The van der Waals surface area contributed by atoms with Crippen molar-refractivity contribution in [1.82, 2.24) is 0 Å². The predicted molar refractivity (Wildman–Crippen MR) is 215 cm³/mol. The van der Waals surface area contributed by atoms with E-state index in [1.54, 1.807) is 52.7 Å². The number of benzene rings is 3. The van der Waals surface area contributed by atoms with E-state index in [4.69, 9.17) is 14.2 Å². The van der Waals surface area contributed by atoms with Gasteiger partial charge in [0.15, 0.2) is 36.9 Å². The molecule has 3 aliphatic heterocycles. The van der Waals surface area contributed by atoms with Crippen LogP contribution in [0.2, 0.25) is 0 Å². The minimum Gasteiger partial charge on any atom is -1.00 e. The molecular weight excluding hydrogens is 1010 g/mol. The molecule has 18 heteroatoms. The van der Waals surface area contributed by atoms with Gasteiger partial charge in [0, 0.05) is 36.0 Å². The quantitative estimate of drug-likeness (QED) is 0.0536. The van der Waals surface area contributed by atoms with Crippen molar-refractivity contribution in [3.8, 4) is 34.9 Å². The summed E-state index contributed by atoms with van der Waals surface area (Å²) in [5, 5.41) is 63.7. The van der Waals surface area contributed by atoms with E-state index in [1.165, 1.54) is 0 Å². The monoisotopic (exact) mass is 1060 g/mol. The number of carbonyl (C=O) groups is 3. The van der Waals surface area contributed by atoms with Gasteiger partial charge in [0.05, 0.1) is 36.0 Å². The Morgan fingerprint density at radius 3 is 0.952 bits per heavy atom. The third-order valence-corrected chi connectivity index (χ3v) is 11.0. The van der Waals surface area contributed by atoms with Crippen molar-refractivity contribution < 1.29 is 124 Å². The van der Waals surface area contributed by atoms with Crippen LogP contribution in [0.4, 0.5) is 0 Å². The van der Waals surface area contributed by atoms with E-state index in [0.29, 0.717) is 35.8 Å². The van der Waals surface area contributed by atoms with Crippen molar-refractivity contribution in [3.05, 3.63) is 88.0 Å². The SMILES string of the molecule is CCOC(=O)c1c(O)c2cccc3c2[n+](c1O)CCC3.CCOC(=O)c1c(O)c2cccc3c2[n+](c1O)CCC3.CCOC(=O)c1c(O)c2cccc3c2[n+](c1O)CCC3.[Br-].[Br-].[Br-]. The number of aryl methyl sites for hydroxylation is 6. The molecule has 0 saturated carbocycles. The molecule has 15 nitrogen and oxygen atoms in total. The third-order valence-electron chi connectivity index (χ3n) is 11.0. The molecule has 9 rings (SSSR count). The maximum Gasteiger partial charge on any atom is 0.384 e. The number of aromatic nitrogens is 3. The molecule has 3 aromatic carbocycles. The molecule has 0 aliphatic carbocycles. The molecule has 0 amide bonds. The van der Waals surface area contributed by atoms with Gasteiger partial charge in [0.1, 0.15) is 0 Å². The predicted octanol–water partition coefficient (Wildman–Crippen LogP) is -4.00. The van der Waals surface area contributed by atoms with Gasteiger partial charge in [0.25, 0.3) is 0 Å². The lowest BCUT2D eigenvalue weighted by molar-refractivity contribution is -0.680. The molecule has 0 saturated heterocycles. The van der Waals surface area contributed by atoms with Crippen LogP contribution in [0.25, 0.3) is 32.7 Å². The Labute approximate surface area is 394 Å². The fourth-order valence-corrected chi connectivity index (χ4v) is 8.46. The first-order valence-corrected chi connectivity index (χ1v) is 20.1. The Kier molecular flexibility index (Phi) is 16.9. The number of pyridine rings is 3. The average Bonchev–Trinajstić information content (AvgIpc) is 3.24. The van der Waals surface area contributed by atoms with Crippen LogP contribution >= 0.6 is 0 Å². The number of aromatic hydroxyl groups is 6. The van der Waals surface area contributed by atoms with Gasteiger partial charge in [-0.05, 0) is 58.2 Å². The van der Waals surface area contributed by atoms with E-state index in [2.05, 4.69) is 0 Å². The average molecular weight is 1060 g/mol. The minimum absolute atomic E-state index is 0. The molecule has 3 aliphatic rings. The molecule has 6 aromatic rings. The molecular formula is C45H48Br3N3O12. The maximum absolute atomic E-state index is 11.9. The van der Waals surface area contributed by atoms with Gasteiger partial charge < -0.3 is 95.8 Å². The Hall–Kier alpha value is -5.46. The highest BCUT2D eigenvalue weighted by atomic mass is 79.9. The normalized spacial score (nSPS) is 12.8. The summed E-state index contributed by atoms with van der Waals surface area (Å²) < 4.78 is 19.8. The van der Waals surface area contributed by atoms with Crippen molar-refractivity contribution in [3.63, 3.8) is 0 Å². The Bertz CT molecular complexity index is 2440. The summed E-state index contributed by atoms with van der Waals surface area (Å²) in [5.74, 6) is -3.41. The van der Waals surface area contributed by atoms with E-state index in [0.717, 1.165) is 71.8 Å². The second kappa shape index (κ2) is 21.3. The van der Waals surface area contributed by atoms with Crippen LogP contribution in [0.3, 0.4) is 0 Å². The zero-order valence-corrected chi connectivity index (χ0v) is 39.5. The first-order chi connectivity index (χ1) is 28.9. The van der Waals surface area contributed by atoms with Crippen molar-refractivity contribution >= 4 is 50.6 Å². The van der Waals surface area contributed by atoms with Crippen LogP contribution < -0.4 is 64.6 Å². The van der Waals surface area contributed by atoms with Gasteiger partial charge >= 0.3 is 35.5 Å². The second-order valence-electron chi connectivity index (χ2n) is 14.5. The second-order valence-corrected chi connectivity index (χ2v) is 14.5. The zero-order valence-electron chi connectivity index (χ0n) is 34.8. The van der Waals surface area contributed by atoms with Crippen molar-refractivity contribution in [2.24, 2.45) is 0 Å². The van der Waals surface area contributed by atoms with Gasteiger partial charge in [-0.15, -0.1) is 0 Å². The molecule has 0 atom stereocenters. The molecule has 336 valence electrons. The number of esters is 3. The highest BCUT2D eigenvalue weighted by Crippen LogP contribution is 2.38. The minimum atomic E-state index is -0.705. The van der Waals surface area contributed by atoms with Crippen molar-refractivity contribution in [1.29, 1.82) is 0 Å². The molecule has 63 heavy (non-hydrogen) atoms. The van der Waals surface area contributed by atoms with Crippen LogP contribution in [0.1, 0.15) is 87.8 Å². The van der Waals surface area contributed by atoms with Gasteiger partial charge in [-0.1, -0.05) is 36.4 Å². The van der Waals surface area contributed by atoms with E-state index in [9.17, 15) is 45.0 Å². The number of para-hydroxylation sites is 3. The number of hydrogen-bond donors (Lipinski definition) is 6. The molecule has 6 N–H and O–H groups in total. The van der Waals surface area contributed by atoms with E-state index < -0.39 is 17.9 Å². The van der Waals surface area contributed by atoms with Crippen LogP contribution in [-0.2, 0) is 53.1 Å². The lowest BCUT2D eigenvalue weighted by Gasteiger charge is -2.15. The summed E-state index contributed by atoms with van der Waals surface area (Å²) in [6.45, 7) is 7.47. The van der Waals surface area contributed by atoms with Gasteiger partial charge in [-0.3, -0.25) is 0 Å². The number of halogens is 3. The van der Waals surface area contributed by atoms with Gasteiger partial charge in [-0.25, -0.2) is 14.4 Å². The van der Waals surface area contributed by atoms with Gasteiger partial charge in [0.2, 0.25) is 33.2 Å². The number of nitrogens with zero attached hydrogens (tertiary/aromatic N) is 3. The Morgan fingerprint density at radius 2 is 0.714 bits per heavy atom. The van der Waals surface area contributed by atoms with E-state index in [1.807, 2.05) is 36.4 Å². The molecule has 0 spiro atoms.